The topological polar surface area (TPSA) is 38.3 Å². The summed E-state index contributed by atoms with van der Waals surface area (Å²) in [6.45, 7) is 2.16. The lowest BCUT2D eigenvalue weighted by Crippen LogP contribution is -2.41. The van der Waals surface area contributed by atoms with Gasteiger partial charge in [-0.2, -0.15) is 0 Å². The number of ether oxygens (including phenoxy) is 1. The lowest BCUT2D eigenvalue weighted by atomic mass is 9.97. The Kier molecular flexibility index (Phi) is 3.53. The molecular formula is C9H17NO2. The van der Waals surface area contributed by atoms with Gasteiger partial charge in [-0.3, -0.25) is 4.79 Å². The van der Waals surface area contributed by atoms with E-state index in [2.05, 4.69) is 17.0 Å². The summed E-state index contributed by atoms with van der Waals surface area (Å²) in [5.74, 6) is -0.110. The maximum absolute atomic E-state index is 10.9. The van der Waals surface area contributed by atoms with Gasteiger partial charge in [-0.25, -0.2) is 0 Å². The predicted octanol–water partition coefficient (Wildman–Crippen LogP) is 1.08. The Morgan fingerprint density at radius 1 is 1.58 bits per heavy atom. The number of methoxy groups -OCH3 is 1. The van der Waals surface area contributed by atoms with Crippen LogP contribution in [0, 0.1) is 0 Å². The minimum atomic E-state index is -0.110. The molecule has 0 amide bonds. The highest BCUT2D eigenvalue weighted by molar-refractivity contribution is 5.69. The van der Waals surface area contributed by atoms with Crippen LogP contribution in [-0.4, -0.2) is 25.2 Å². The van der Waals surface area contributed by atoms with Crippen LogP contribution in [0.1, 0.15) is 32.6 Å². The molecule has 0 radical (unpaired) electrons. The molecule has 12 heavy (non-hydrogen) atoms. The number of esters is 1. The van der Waals surface area contributed by atoms with Crippen molar-refractivity contribution in [1.82, 2.24) is 5.32 Å². The molecule has 0 aliphatic carbocycles. The Bertz CT molecular complexity index is 159. The average molecular weight is 171 g/mol. The van der Waals surface area contributed by atoms with Crippen molar-refractivity contribution in [3.8, 4) is 0 Å². The first-order valence-corrected chi connectivity index (χ1v) is 4.55. The average Bonchev–Trinajstić information content (AvgIpc) is 2.04. The van der Waals surface area contributed by atoms with Crippen molar-refractivity contribution >= 4 is 5.97 Å². The molecule has 1 rings (SSSR count). The van der Waals surface area contributed by atoms with Gasteiger partial charge in [-0.15, -0.1) is 0 Å². The van der Waals surface area contributed by atoms with Crippen LogP contribution >= 0.6 is 0 Å². The first-order chi connectivity index (χ1) is 5.72. The molecule has 0 spiro atoms. The van der Waals surface area contributed by atoms with E-state index in [1.807, 2.05) is 0 Å². The van der Waals surface area contributed by atoms with E-state index in [-0.39, 0.29) is 5.97 Å². The molecule has 70 valence electrons. The van der Waals surface area contributed by atoms with Crippen LogP contribution < -0.4 is 5.32 Å². The van der Waals surface area contributed by atoms with E-state index in [4.69, 9.17) is 0 Å². The zero-order valence-corrected chi connectivity index (χ0v) is 7.80. The van der Waals surface area contributed by atoms with E-state index >= 15 is 0 Å². The van der Waals surface area contributed by atoms with Crippen molar-refractivity contribution in [3.63, 3.8) is 0 Å². The summed E-state index contributed by atoms with van der Waals surface area (Å²) in [7, 11) is 1.44. The molecule has 1 saturated heterocycles. The fourth-order valence-electron chi connectivity index (χ4n) is 1.68. The molecule has 0 bridgehead atoms. The van der Waals surface area contributed by atoms with Crippen molar-refractivity contribution in [2.75, 3.05) is 7.11 Å². The summed E-state index contributed by atoms with van der Waals surface area (Å²) in [5, 5.41) is 3.38. The second kappa shape index (κ2) is 4.45. The van der Waals surface area contributed by atoms with E-state index in [1.54, 1.807) is 0 Å². The summed E-state index contributed by atoms with van der Waals surface area (Å²) in [6.07, 6.45) is 4.05. The molecule has 2 atom stereocenters. The molecule has 0 saturated carbocycles. The van der Waals surface area contributed by atoms with E-state index in [0.717, 1.165) is 6.42 Å². The third-order valence-electron chi connectivity index (χ3n) is 2.35. The molecule has 1 aliphatic rings. The summed E-state index contributed by atoms with van der Waals surface area (Å²) in [4.78, 5) is 10.9. The zero-order chi connectivity index (χ0) is 8.97. The Balaban J connectivity index is 2.27. The van der Waals surface area contributed by atoms with Crippen molar-refractivity contribution in [2.24, 2.45) is 0 Å². The standard InChI is InChI=1S/C9H17NO2/c1-7-4-3-5-8(10-7)6-9(11)12-2/h7-8,10H,3-6H2,1-2H3/t7-,8+/m1/s1. The number of hydrogen-bond donors (Lipinski definition) is 1. The smallest absolute Gasteiger partial charge is 0.307 e. The van der Waals surface area contributed by atoms with E-state index < -0.39 is 0 Å². The molecule has 0 aromatic carbocycles. The Morgan fingerprint density at radius 3 is 2.92 bits per heavy atom. The minimum Gasteiger partial charge on any atom is -0.469 e. The Hall–Kier alpha value is -0.570. The van der Waals surface area contributed by atoms with Crippen LogP contribution in [0.15, 0.2) is 0 Å². The van der Waals surface area contributed by atoms with Crippen LogP contribution in [0.4, 0.5) is 0 Å². The van der Waals surface area contributed by atoms with Gasteiger partial charge in [0.25, 0.3) is 0 Å². The zero-order valence-electron chi connectivity index (χ0n) is 7.80. The molecule has 3 nitrogen and oxygen atoms in total. The maximum atomic E-state index is 10.9. The van der Waals surface area contributed by atoms with Gasteiger partial charge in [0.2, 0.25) is 0 Å². The molecule has 1 fully saturated rings. The lowest BCUT2D eigenvalue weighted by Gasteiger charge is -2.27. The molecule has 1 N–H and O–H groups in total. The SMILES string of the molecule is COC(=O)C[C@@H]1CCC[C@@H](C)N1. The van der Waals surface area contributed by atoms with Gasteiger partial charge in [0.15, 0.2) is 0 Å². The first-order valence-electron chi connectivity index (χ1n) is 4.55. The van der Waals surface area contributed by atoms with Gasteiger partial charge in [0.05, 0.1) is 13.5 Å². The second-order valence-corrected chi connectivity index (χ2v) is 3.48. The second-order valence-electron chi connectivity index (χ2n) is 3.48. The highest BCUT2D eigenvalue weighted by Gasteiger charge is 2.20. The Morgan fingerprint density at radius 2 is 2.33 bits per heavy atom. The van der Waals surface area contributed by atoms with Gasteiger partial charge >= 0.3 is 5.97 Å². The fraction of sp³-hybridized carbons (Fsp3) is 0.889. The van der Waals surface area contributed by atoms with Gasteiger partial charge < -0.3 is 10.1 Å². The lowest BCUT2D eigenvalue weighted by molar-refractivity contribution is -0.141. The highest BCUT2D eigenvalue weighted by atomic mass is 16.5. The highest BCUT2D eigenvalue weighted by Crippen LogP contribution is 2.14. The van der Waals surface area contributed by atoms with Crippen LogP contribution in [0.2, 0.25) is 0 Å². The van der Waals surface area contributed by atoms with Gasteiger partial charge in [0, 0.05) is 12.1 Å². The van der Waals surface area contributed by atoms with Crippen molar-refractivity contribution in [2.45, 2.75) is 44.7 Å². The van der Waals surface area contributed by atoms with E-state index in [9.17, 15) is 4.79 Å². The molecule has 0 aromatic rings. The molecule has 0 aromatic heterocycles. The number of hydrogen-bond acceptors (Lipinski definition) is 3. The summed E-state index contributed by atoms with van der Waals surface area (Å²) < 4.78 is 4.61. The first kappa shape index (κ1) is 9.52. The number of piperidine rings is 1. The number of carbonyl (C=O) groups excluding carboxylic acids is 1. The monoisotopic (exact) mass is 171 g/mol. The third kappa shape index (κ3) is 2.81. The van der Waals surface area contributed by atoms with Gasteiger partial charge in [-0.05, 0) is 19.8 Å². The normalized spacial score (nSPS) is 29.8. The summed E-state index contributed by atoms with van der Waals surface area (Å²) >= 11 is 0. The molecule has 3 heteroatoms. The Labute approximate surface area is 73.5 Å². The molecular weight excluding hydrogens is 154 g/mol. The largest absolute Gasteiger partial charge is 0.469 e. The van der Waals surface area contributed by atoms with Crippen LogP contribution in [0.5, 0.6) is 0 Å². The maximum Gasteiger partial charge on any atom is 0.307 e. The van der Waals surface area contributed by atoms with Crippen LogP contribution in [0.25, 0.3) is 0 Å². The minimum absolute atomic E-state index is 0.110. The summed E-state index contributed by atoms with van der Waals surface area (Å²) in [6, 6.07) is 0.884. The van der Waals surface area contributed by atoms with Crippen molar-refractivity contribution < 1.29 is 9.53 Å². The number of rotatable bonds is 2. The van der Waals surface area contributed by atoms with Crippen molar-refractivity contribution in [1.29, 1.82) is 0 Å². The molecule has 1 heterocycles. The third-order valence-corrected chi connectivity index (χ3v) is 2.35. The van der Waals surface area contributed by atoms with E-state index in [0.29, 0.717) is 18.5 Å². The van der Waals surface area contributed by atoms with E-state index in [1.165, 1.54) is 20.0 Å². The van der Waals surface area contributed by atoms with Crippen LogP contribution in [-0.2, 0) is 9.53 Å². The predicted molar refractivity (Wildman–Crippen MR) is 46.9 cm³/mol. The fourth-order valence-corrected chi connectivity index (χ4v) is 1.68. The quantitative estimate of drug-likeness (QED) is 0.632. The number of carbonyl (C=O) groups is 1. The summed E-state index contributed by atoms with van der Waals surface area (Å²) in [5.41, 5.74) is 0. The molecule has 1 aliphatic heterocycles. The van der Waals surface area contributed by atoms with Crippen LogP contribution in [0.3, 0.4) is 0 Å². The van der Waals surface area contributed by atoms with Crippen molar-refractivity contribution in [3.05, 3.63) is 0 Å². The number of nitrogens with one attached hydrogen (secondary N) is 1. The van der Waals surface area contributed by atoms with Gasteiger partial charge in [-0.1, -0.05) is 6.42 Å². The molecule has 0 unspecified atom stereocenters. The van der Waals surface area contributed by atoms with Gasteiger partial charge in [0.1, 0.15) is 0 Å².